The van der Waals surface area contributed by atoms with E-state index in [-0.39, 0.29) is 17.1 Å². The molecule has 7 heteroatoms. The first-order chi connectivity index (χ1) is 11.4. The predicted octanol–water partition coefficient (Wildman–Crippen LogP) is 3.69. The summed E-state index contributed by atoms with van der Waals surface area (Å²) in [5.74, 6) is -0.810. The second-order valence-electron chi connectivity index (χ2n) is 4.68. The van der Waals surface area contributed by atoms with E-state index in [0.29, 0.717) is 14.8 Å². The van der Waals surface area contributed by atoms with Crippen LogP contribution in [0.2, 0.25) is 0 Å². The summed E-state index contributed by atoms with van der Waals surface area (Å²) in [6, 6.07) is 10.2. The average Bonchev–Trinajstić information content (AvgIpc) is 2.57. The number of hydrogen-bond donors (Lipinski definition) is 2. The summed E-state index contributed by atoms with van der Waals surface area (Å²) in [4.78, 5) is 12.2. The Bertz CT molecular complexity index is 842. The van der Waals surface area contributed by atoms with Crippen molar-refractivity contribution in [2.45, 2.75) is 0 Å². The van der Waals surface area contributed by atoms with Gasteiger partial charge in [0.05, 0.1) is 10.7 Å². The van der Waals surface area contributed by atoms with Gasteiger partial charge < -0.3 is 15.2 Å². The number of phenols is 1. The smallest absolute Gasteiger partial charge is 0.266 e. The first-order valence-electron chi connectivity index (χ1n) is 6.70. The lowest BCUT2D eigenvalue weighted by Gasteiger charge is -2.07. The van der Waals surface area contributed by atoms with Crippen LogP contribution in [0.15, 0.2) is 42.0 Å². The van der Waals surface area contributed by atoms with E-state index in [1.165, 1.54) is 43.5 Å². The van der Waals surface area contributed by atoms with Gasteiger partial charge in [-0.25, -0.2) is 4.39 Å². The molecule has 0 saturated heterocycles. The molecule has 0 spiro atoms. The minimum Gasteiger partial charge on any atom is -0.504 e. The fraction of sp³-hybridized carbons (Fsp3) is 0.0588. The summed E-state index contributed by atoms with van der Waals surface area (Å²) in [5, 5.41) is 21.5. The van der Waals surface area contributed by atoms with Crippen LogP contribution in [-0.2, 0) is 4.79 Å². The lowest BCUT2D eigenvalue weighted by molar-refractivity contribution is -0.112. The number of nitriles is 1. The van der Waals surface area contributed by atoms with Crippen LogP contribution in [0.25, 0.3) is 6.08 Å². The van der Waals surface area contributed by atoms with E-state index >= 15 is 0 Å². The maximum atomic E-state index is 12.9. The molecule has 1 amide bonds. The molecule has 2 aromatic rings. The molecule has 122 valence electrons. The lowest BCUT2D eigenvalue weighted by atomic mass is 10.1. The third-order valence-corrected chi connectivity index (χ3v) is 3.87. The number of hydrogen-bond acceptors (Lipinski definition) is 4. The number of nitrogens with one attached hydrogen (secondary N) is 1. The molecular formula is C17H12FIN2O3. The largest absolute Gasteiger partial charge is 0.504 e. The van der Waals surface area contributed by atoms with Crippen LogP contribution in [0.1, 0.15) is 5.56 Å². The van der Waals surface area contributed by atoms with E-state index in [1.807, 2.05) is 28.7 Å². The molecule has 0 atom stereocenters. The first-order valence-corrected chi connectivity index (χ1v) is 7.77. The number of methoxy groups -OCH3 is 1. The van der Waals surface area contributed by atoms with Crippen LogP contribution in [0, 0.1) is 20.7 Å². The highest BCUT2D eigenvalue weighted by Gasteiger charge is 2.12. The molecule has 24 heavy (non-hydrogen) atoms. The van der Waals surface area contributed by atoms with Gasteiger partial charge in [-0.3, -0.25) is 4.79 Å². The summed E-state index contributed by atoms with van der Waals surface area (Å²) in [6.45, 7) is 0. The Kier molecular flexibility index (Phi) is 5.76. The van der Waals surface area contributed by atoms with Gasteiger partial charge >= 0.3 is 0 Å². The van der Waals surface area contributed by atoms with Gasteiger partial charge in [-0.05, 0) is 70.6 Å². The van der Waals surface area contributed by atoms with Gasteiger partial charge in [-0.1, -0.05) is 0 Å². The molecule has 0 bridgehead atoms. The second-order valence-corrected chi connectivity index (χ2v) is 5.85. The predicted molar refractivity (Wildman–Crippen MR) is 96.0 cm³/mol. The fourth-order valence-corrected chi connectivity index (χ4v) is 2.51. The van der Waals surface area contributed by atoms with Crippen molar-refractivity contribution < 1.29 is 19.0 Å². The Balaban J connectivity index is 2.29. The number of phenolic OH excluding ortho intramolecular Hbond substituents is 1. The van der Waals surface area contributed by atoms with Gasteiger partial charge in [0.25, 0.3) is 5.91 Å². The van der Waals surface area contributed by atoms with Crippen molar-refractivity contribution >= 4 is 40.3 Å². The van der Waals surface area contributed by atoms with E-state index in [2.05, 4.69) is 5.32 Å². The summed E-state index contributed by atoms with van der Waals surface area (Å²) < 4.78 is 18.4. The Morgan fingerprint density at radius 2 is 2.04 bits per heavy atom. The van der Waals surface area contributed by atoms with Crippen LogP contribution in [0.5, 0.6) is 11.5 Å². The van der Waals surface area contributed by atoms with Crippen LogP contribution in [0.4, 0.5) is 10.1 Å². The molecule has 0 saturated carbocycles. The van der Waals surface area contributed by atoms with Gasteiger partial charge in [0, 0.05) is 5.69 Å². The van der Waals surface area contributed by atoms with Crippen LogP contribution in [0.3, 0.4) is 0 Å². The summed E-state index contributed by atoms with van der Waals surface area (Å²) >= 11 is 1.92. The van der Waals surface area contributed by atoms with E-state index in [1.54, 1.807) is 6.07 Å². The van der Waals surface area contributed by atoms with Crippen molar-refractivity contribution in [1.29, 1.82) is 5.26 Å². The molecule has 2 rings (SSSR count). The van der Waals surface area contributed by atoms with Crippen LogP contribution in [-0.4, -0.2) is 18.1 Å². The molecular weight excluding hydrogens is 426 g/mol. The Morgan fingerprint density at radius 1 is 1.38 bits per heavy atom. The first kappa shape index (κ1) is 17.7. The quantitative estimate of drug-likeness (QED) is 0.434. The monoisotopic (exact) mass is 438 g/mol. The molecule has 2 N–H and O–H groups in total. The van der Waals surface area contributed by atoms with Crippen molar-refractivity contribution in [2.24, 2.45) is 0 Å². The highest BCUT2D eigenvalue weighted by molar-refractivity contribution is 14.1. The number of nitrogens with zero attached hydrogens (tertiary/aromatic N) is 1. The number of aromatic hydroxyl groups is 1. The van der Waals surface area contributed by atoms with Crippen molar-refractivity contribution in [3.8, 4) is 17.6 Å². The van der Waals surface area contributed by atoms with E-state index in [9.17, 15) is 19.6 Å². The topological polar surface area (TPSA) is 82.3 Å². The summed E-state index contributed by atoms with van der Waals surface area (Å²) in [5.41, 5.74) is 0.767. The van der Waals surface area contributed by atoms with Crippen molar-refractivity contribution in [3.05, 3.63) is 56.9 Å². The van der Waals surface area contributed by atoms with Gasteiger partial charge in [-0.2, -0.15) is 5.26 Å². The fourth-order valence-electron chi connectivity index (χ4n) is 1.88. The maximum Gasteiger partial charge on any atom is 0.266 e. The SMILES string of the molecule is COc1cc(/C=C(/C#N)C(=O)Nc2ccc(F)cc2)cc(I)c1O. The van der Waals surface area contributed by atoms with E-state index in [0.717, 1.165) is 0 Å². The molecule has 0 radical (unpaired) electrons. The van der Waals surface area contributed by atoms with Gasteiger partial charge in [0.1, 0.15) is 17.5 Å². The van der Waals surface area contributed by atoms with Gasteiger partial charge in [0.15, 0.2) is 11.5 Å². The van der Waals surface area contributed by atoms with E-state index in [4.69, 9.17) is 4.74 Å². The number of amides is 1. The molecule has 0 aromatic heterocycles. The zero-order valence-electron chi connectivity index (χ0n) is 12.5. The maximum absolute atomic E-state index is 12.9. The Morgan fingerprint density at radius 3 is 2.62 bits per heavy atom. The molecule has 0 heterocycles. The molecule has 0 aliphatic rings. The molecule has 0 unspecified atom stereocenters. The highest BCUT2D eigenvalue weighted by Crippen LogP contribution is 2.33. The molecule has 0 aliphatic carbocycles. The standard InChI is InChI=1S/C17H12FIN2O3/c1-24-15-8-10(7-14(19)16(15)22)6-11(9-20)17(23)21-13-4-2-12(18)3-5-13/h2-8,22H,1H3,(H,21,23)/b11-6-. The number of carbonyl (C=O) groups is 1. The third-order valence-electron chi connectivity index (χ3n) is 3.05. The Labute approximate surface area is 151 Å². The third kappa shape index (κ3) is 4.23. The molecule has 5 nitrogen and oxygen atoms in total. The van der Waals surface area contributed by atoms with E-state index < -0.39 is 11.7 Å². The zero-order chi connectivity index (χ0) is 17.7. The zero-order valence-corrected chi connectivity index (χ0v) is 14.7. The highest BCUT2D eigenvalue weighted by atomic mass is 127. The number of halogens is 2. The van der Waals surface area contributed by atoms with Crippen molar-refractivity contribution in [1.82, 2.24) is 0 Å². The van der Waals surface area contributed by atoms with Gasteiger partial charge in [0.2, 0.25) is 0 Å². The molecule has 2 aromatic carbocycles. The number of anilines is 1. The van der Waals surface area contributed by atoms with Crippen LogP contribution >= 0.6 is 22.6 Å². The minimum absolute atomic E-state index is 0.00970. The molecule has 0 aliphatic heterocycles. The number of ether oxygens (including phenoxy) is 1. The number of carbonyl (C=O) groups excluding carboxylic acids is 1. The average molecular weight is 438 g/mol. The minimum atomic E-state index is -0.619. The normalized spacial score (nSPS) is 10.8. The second kappa shape index (κ2) is 7.79. The number of rotatable bonds is 4. The molecule has 0 fully saturated rings. The van der Waals surface area contributed by atoms with Crippen molar-refractivity contribution in [3.63, 3.8) is 0 Å². The number of benzene rings is 2. The van der Waals surface area contributed by atoms with Crippen LogP contribution < -0.4 is 10.1 Å². The summed E-state index contributed by atoms with van der Waals surface area (Å²) in [6.07, 6.45) is 1.38. The van der Waals surface area contributed by atoms with Crippen molar-refractivity contribution in [2.75, 3.05) is 12.4 Å². The van der Waals surface area contributed by atoms with Gasteiger partial charge in [-0.15, -0.1) is 0 Å². The Hall–Kier alpha value is -2.60. The summed E-state index contributed by atoms with van der Waals surface area (Å²) in [7, 11) is 1.41. The lowest BCUT2D eigenvalue weighted by Crippen LogP contribution is -2.13.